The van der Waals surface area contributed by atoms with E-state index in [-0.39, 0.29) is 17.0 Å². The van der Waals surface area contributed by atoms with Gasteiger partial charge in [0.05, 0.1) is 0 Å². The lowest BCUT2D eigenvalue weighted by molar-refractivity contribution is 0.451. The second kappa shape index (κ2) is 5.87. The molecule has 1 aromatic carbocycles. The van der Waals surface area contributed by atoms with E-state index >= 15 is 0 Å². The number of aromatic nitrogens is 2. The molecule has 2 aromatic rings. The molecule has 1 fully saturated rings. The van der Waals surface area contributed by atoms with Crippen molar-refractivity contribution in [2.75, 3.05) is 31.1 Å². The maximum atomic E-state index is 12.3. The van der Waals surface area contributed by atoms with Crippen molar-refractivity contribution in [3.63, 3.8) is 0 Å². The minimum Gasteiger partial charge on any atom is -0.493 e. The molecule has 2 heterocycles. The Morgan fingerprint density at radius 1 is 1.19 bits per heavy atom. The zero-order chi connectivity index (χ0) is 14.8. The fourth-order valence-corrected chi connectivity index (χ4v) is 2.62. The van der Waals surface area contributed by atoms with E-state index < -0.39 is 0 Å². The van der Waals surface area contributed by atoms with Crippen LogP contribution in [0.4, 0.5) is 5.95 Å². The number of H-pyrrole nitrogens is 1. The van der Waals surface area contributed by atoms with Crippen molar-refractivity contribution in [1.29, 1.82) is 0 Å². The van der Waals surface area contributed by atoms with Crippen molar-refractivity contribution in [3.8, 4) is 17.0 Å². The largest absolute Gasteiger partial charge is 0.493 e. The topological polar surface area (TPSA) is 81.2 Å². The van der Waals surface area contributed by atoms with Crippen LogP contribution in [0, 0.1) is 0 Å². The van der Waals surface area contributed by atoms with Gasteiger partial charge in [0.2, 0.25) is 11.8 Å². The summed E-state index contributed by atoms with van der Waals surface area (Å²) >= 11 is 3.34. The lowest BCUT2D eigenvalue weighted by atomic mass is 10.1. The number of hydrogen-bond donors (Lipinski definition) is 3. The Morgan fingerprint density at radius 3 is 2.48 bits per heavy atom. The molecule has 21 heavy (non-hydrogen) atoms. The van der Waals surface area contributed by atoms with Gasteiger partial charge in [0.15, 0.2) is 0 Å². The van der Waals surface area contributed by atoms with Crippen molar-refractivity contribution < 1.29 is 5.11 Å². The minimum atomic E-state index is -0.335. The molecule has 0 spiro atoms. The van der Waals surface area contributed by atoms with Crippen molar-refractivity contribution in [3.05, 3.63) is 39.1 Å². The molecule has 0 radical (unpaired) electrons. The molecule has 1 saturated heterocycles. The van der Waals surface area contributed by atoms with Gasteiger partial charge in [-0.15, -0.1) is 0 Å². The predicted octanol–water partition coefficient (Wildman–Crippen LogP) is 1.31. The van der Waals surface area contributed by atoms with E-state index in [1.165, 1.54) is 0 Å². The molecule has 1 aliphatic rings. The zero-order valence-electron chi connectivity index (χ0n) is 11.3. The van der Waals surface area contributed by atoms with Crippen LogP contribution in [0.1, 0.15) is 0 Å². The number of nitrogens with zero attached hydrogens (tertiary/aromatic N) is 2. The van der Waals surface area contributed by atoms with Gasteiger partial charge < -0.3 is 15.3 Å². The second-order valence-electron chi connectivity index (χ2n) is 4.83. The van der Waals surface area contributed by atoms with E-state index in [1.807, 2.05) is 17.0 Å². The Morgan fingerprint density at radius 2 is 1.86 bits per heavy atom. The van der Waals surface area contributed by atoms with Crippen LogP contribution in [0.15, 0.2) is 33.5 Å². The van der Waals surface area contributed by atoms with E-state index in [0.29, 0.717) is 11.5 Å². The first-order valence-electron chi connectivity index (χ1n) is 6.70. The monoisotopic (exact) mass is 350 g/mol. The van der Waals surface area contributed by atoms with E-state index in [1.54, 1.807) is 12.1 Å². The number of anilines is 1. The molecule has 7 heteroatoms. The van der Waals surface area contributed by atoms with Crippen LogP contribution >= 0.6 is 15.9 Å². The normalized spacial score (nSPS) is 15.2. The second-order valence-corrected chi connectivity index (χ2v) is 5.75. The standard InChI is InChI=1S/C14H15BrN4O2/c15-10-3-1-9(2-4-10)11-12(20)17-14(18-13(11)21)19-7-5-16-6-8-19/h1-4,16H,5-8H2,(H2,17,18,20,21). The molecule has 0 saturated carbocycles. The molecule has 1 aromatic heterocycles. The van der Waals surface area contributed by atoms with Crippen LogP contribution in [-0.2, 0) is 0 Å². The van der Waals surface area contributed by atoms with Crippen molar-refractivity contribution >= 4 is 21.9 Å². The summed E-state index contributed by atoms with van der Waals surface area (Å²) in [5.41, 5.74) is 0.496. The van der Waals surface area contributed by atoms with Crippen LogP contribution in [0.25, 0.3) is 11.1 Å². The molecular weight excluding hydrogens is 336 g/mol. The number of halogens is 1. The van der Waals surface area contributed by atoms with Crippen molar-refractivity contribution in [2.24, 2.45) is 0 Å². The number of benzene rings is 1. The molecule has 1 aliphatic heterocycles. The third-order valence-corrected chi connectivity index (χ3v) is 3.97. The van der Waals surface area contributed by atoms with Crippen LogP contribution in [-0.4, -0.2) is 41.3 Å². The van der Waals surface area contributed by atoms with Gasteiger partial charge in [0.25, 0.3) is 5.56 Å². The average molecular weight is 351 g/mol. The highest BCUT2D eigenvalue weighted by Crippen LogP contribution is 2.26. The number of hydrogen-bond acceptors (Lipinski definition) is 5. The van der Waals surface area contributed by atoms with Gasteiger partial charge in [-0.3, -0.25) is 9.78 Å². The molecule has 0 amide bonds. The summed E-state index contributed by atoms with van der Waals surface area (Å²) in [7, 11) is 0. The zero-order valence-corrected chi connectivity index (χ0v) is 12.9. The Labute approximate surface area is 130 Å². The predicted molar refractivity (Wildman–Crippen MR) is 84.7 cm³/mol. The lowest BCUT2D eigenvalue weighted by Crippen LogP contribution is -2.44. The van der Waals surface area contributed by atoms with E-state index in [4.69, 9.17) is 0 Å². The van der Waals surface area contributed by atoms with Crippen LogP contribution < -0.4 is 15.8 Å². The van der Waals surface area contributed by atoms with Gasteiger partial charge in [0.1, 0.15) is 5.56 Å². The lowest BCUT2D eigenvalue weighted by Gasteiger charge is -2.27. The molecule has 0 bridgehead atoms. The molecule has 0 unspecified atom stereocenters. The Balaban J connectivity index is 2.00. The summed E-state index contributed by atoms with van der Waals surface area (Å²) in [5, 5.41) is 13.4. The summed E-state index contributed by atoms with van der Waals surface area (Å²) in [6, 6.07) is 7.16. The van der Waals surface area contributed by atoms with Gasteiger partial charge in [0, 0.05) is 30.7 Å². The number of piperazine rings is 1. The number of rotatable bonds is 2. The van der Waals surface area contributed by atoms with Gasteiger partial charge >= 0.3 is 0 Å². The highest BCUT2D eigenvalue weighted by atomic mass is 79.9. The summed E-state index contributed by atoms with van der Waals surface area (Å²) in [6.45, 7) is 3.16. The molecule has 0 atom stereocenters. The van der Waals surface area contributed by atoms with Gasteiger partial charge in [-0.25, -0.2) is 0 Å². The minimum absolute atomic E-state index is 0.196. The summed E-state index contributed by atoms with van der Waals surface area (Å²) in [6.07, 6.45) is 0. The molecule has 0 aliphatic carbocycles. The van der Waals surface area contributed by atoms with Gasteiger partial charge in [-0.1, -0.05) is 28.1 Å². The third kappa shape index (κ3) is 2.93. The Kier molecular flexibility index (Phi) is 3.94. The maximum Gasteiger partial charge on any atom is 0.264 e. The highest BCUT2D eigenvalue weighted by molar-refractivity contribution is 9.10. The number of nitrogens with one attached hydrogen (secondary N) is 2. The van der Waals surface area contributed by atoms with Gasteiger partial charge in [-0.2, -0.15) is 4.98 Å². The van der Waals surface area contributed by atoms with Crippen molar-refractivity contribution in [1.82, 2.24) is 15.3 Å². The quantitative estimate of drug-likeness (QED) is 0.760. The number of aromatic hydroxyl groups is 1. The van der Waals surface area contributed by atoms with Crippen LogP contribution in [0.3, 0.4) is 0 Å². The molecular formula is C14H15BrN4O2. The first kappa shape index (κ1) is 14.1. The van der Waals surface area contributed by atoms with E-state index in [0.717, 1.165) is 30.7 Å². The summed E-state index contributed by atoms with van der Waals surface area (Å²) in [5.74, 6) is 0.175. The van der Waals surface area contributed by atoms with E-state index in [2.05, 4.69) is 31.2 Å². The third-order valence-electron chi connectivity index (χ3n) is 3.44. The summed E-state index contributed by atoms with van der Waals surface area (Å²) < 4.78 is 0.910. The fraction of sp³-hybridized carbons (Fsp3) is 0.286. The summed E-state index contributed by atoms with van der Waals surface area (Å²) in [4.78, 5) is 21.1. The van der Waals surface area contributed by atoms with Gasteiger partial charge in [-0.05, 0) is 17.7 Å². The first-order chi connectivity index (χ1) is 10.1. The fourth-order valence-electron chi connectivity index (χ4n) is 2.35. The highest BCUT2D eigenvalue weighted by Gasteiger charge is 2.17. The molecule has 3 N–H and O–H groups in total. The molecule has 110 valence electrons. The Bertz CT molecular complexity index is 693. The maximum absolute atomic E-state index is 12.3. The molecule has 6 nitrogen and oxygen atoms in total. The SMILES string of the molecule is O=c1[nH]c(N2CCNCC2)nc(O)c1-c1ccc(Br)cc1. The molecule has 3 rings (SSSR count). The average Bonchev–Trinajstić information content (AvgIpc) is 2.49. The first-order valence-corrected chi connectivity index (χ1v) is 7.49. The number of aromatic amines is 1. The smallest absolute Gasteiger partial charge is 0.264 e. The van der Waals surface area contributed by atoms with E-state index in [9.17, 15) is 9.90 Å². The Hall–Kier alpha value is -1.86. The van der Waals surface area contributed by atoms with Crippen LogP contribution in [0.5, 0.6) is 5.88 Å². The van der Waals surface area contributed by atoms with Crippen molar-refractivity contribution in [2.45, 2.75) is 0 Å². The van der Waals surface area contributed by atoms with Crippen LogP contribution in [0.2, 0.25) is 0 Å².